The lowest BCUT2D eigenvalue weighted by molar-refractivity contribution is -0.385. The van der Waals surface area contributed by atoms with Crippen molar-refractivity contribution in [1.82, 2.24) is 14.8 Å². The van der Waals surface area contributed by atoms with Gasteiger partial charge in [0.2, 0.25) is 0 Å². The van der Waals surface area contributed by atoms with Crippen LogP contribution in [0.2, 0.25) is 0 Å². The van der Waals surface area contributed by atoms with Crippen molar-refractivity contribution in [3.63, 3.8) is 0 Å². The number of hydrogen-bond donors (Lipinski definition) is 0. The minimum Gasteiger partial charge on any atom is -0.426 e. The number of fused-ring (bicyclic) bond motifs is 3. The van der Waals surface area contributed by atoms with E-state index in [2.05, 4.69) is 10.1 Å². The summed E-state index contributed by atoms with van der Waals surface area (Å²) < 4.78 is 6.87. The first-order valence-electron chi connectivity index (χ1n) is 7.67. The monoisotopic (exact) mass is 338 g/mol. The van der Waals surface area contributed by atoms with Gasteiger partial charge in [-0.15, -0.1) is 0 Å². The third-order valence-corrected chi connectivity index (χ3v) is 4.51. The fraction of sp³-hybridized carbons (Fsp3) is 0.235. The maximum atomic E-state index is 12.2. The topological polar surface area (TPSA) is 100 Å². The van der Waals surface area contributed by atoms with E-state index in [1.54, 1.807) is 32.0 Å². The van der Waals surface area contributed by atoms with Crippen molar-refractivity contribution >= 4 is 22.4 Å². The second-order valence-corrected chi connectivity index (χ2v) is 6.51. The van der Waals surface area contributed by atoms with E-state index in [0.717, 1.165) is 10.9 Å². The number of rotatable bonds is 3. The molecule has 0 N–H and O–H groups in total. The van der Waals surface area contributed by atoms with Crippen LogP contribution in [0.15, 0.2) is 36.9 Å². The zero-order valence-electron chi connectivity index (χ0n) is 13.6. The largest absolute Gasteiger partial charge is 0.426 e. The summed E-state index contributed by atoms with van der Waals surface area (Å²) in [6.45, 7) is 3.80. The minimum atomic E-state index is -0.810. The van der Waals surface area contributed by atoms with Gasteiger partial charge in [-0.2, -0.15) is 5.10 Å². The van der Waals surface area contributed by atoms with Gasteiger partial charge in [-0.05, 0) is 36.8 Å². The SMILES string of the molecule is CC1(C)C(=O)Oc2ccc3cc([N+](=O)[O-])c(Cn4cncn4)cc3c21. The first kappa shape index (κ1) is 15.3. The van der Waals surface area contributed by atoms with Crippen LogP contribution in [0.3, 0.4) is 0 Å². The predicted octanol–water partition coefficient (Wildman–Crippen LogP) is 2.58. The van der Waals surface area contributed by atoms with Crippen molar-refractivity contribution in [2.75, 3.05) is 0 Å². The van der Waals surface area contributed by atoms with Crippen LogP contribution in [-0.2, 0) is 16.8 Å². The average molecular weight is 338 g/mol. The highest BCUT2D eigenvalue weighted by Crippen LogP contribution is 2.45. The zero-order chi connectivity index (χ0) is 17.8. The normalized spacial score (nSPS) is 15.2. The Bertz CT molecular complexity index is 1020. The Kier molecular flexibility index (Phi) is 3.11. The van der Waals surface area contributed by atoms with Gasteiger partial charge in [0.1, 0.15) is 18.4 Å². The maximum absolute atomic E-state index is 12.2. The van der Waals surface area contributed by atoms with Crippen LogP contribution in [-0.4, -0.2) is 25.7 Å². The second-order valence-electron chi connectivity index (χ2n) is 6.51. The molecule has 0 spiro atoms. The Labute approximate surface area is 142 Å². The third-order valence-electron chi connectivity index (χ3n) is 4.51. The number of carbonyl (C=O) groups is 1. The standard InChI is InChI=1S/C17H14N4O4/c1-17(2)15-12-5-11(7-20-9-18-8-19-20)13(21(23)24)6-10(12)3-4-14(15)25-16(17)22/h3-6,8-9H,7H2,1-2H3. The van der Waals surface area contributed by atoms with E-state index in [1.165, 1.54) is 23.4 Å². The quantitative estimate of drug-likeness (QED) is 0.315. The van der Waals surface area contributed by atoms with E-state index in [4.69, 9.17) is 4.74 Å². The first-order chi connectivity index (χ1) is 11.9. The molecule has 0 bridgehead atoms. The van der Waals surface area contributed by atoms with Crippen molar-refractivity contribution in [1.29, 1.82) is 0 Å². The molecular formula is C17H14N4O4. The average Bonchev–Trinajstić information content (AvgIpc) is 3.13. The fourth-order valence-corrected chi connectivity index (χ4v) is 3.23. The summed E-state index contributed by atoms with van der Waals surface area (Å²) in [6, 6.07) is 6.69. The molecule has 0 unspecified atom stereocenters. The molecule has 0 amide bonds. The number of nitrogens with zero attached hydrogens (tertiary/aromatic N) is 4. The van der Waals surface area contributed by atoms with E-state index in [0.29, 0.717) is 16.7 Å². The molecule has 0 saturated heterocycles. The molecule has 1 aromatic heterocycles. The summed E-state index contributed by atoms with van der Waals surface area (Å²) in [7, 11) is 0. The van der Waals surface area contributed by atoms with E-state index in [9.17, 15) is 14.9 Å². The number of carbonyl (C=O) groups excluding carboxylic acids is 1. The van der Waals surface area contributed by atoms with Gasteiger partial charge >= 0.3 is 5.97 Å². The summed E-state index contributed by atoms with van der Waals surface area (Å²) in [6.07, 6.45) is 2.88. The lowest BCUT2D eigenvalue weighted by Crippen LogP contribution is -2.26. The van der Waals surface area contributed by atoms with Crippen molar-refractivity contribution in [2.45, 2.75) is 25.8 Å². The second kappa shape index (κ2) is 5.10. The number of esters is 1. The van der Waals surface area contributed by atoms with Crippen LogP contribution < -0.4 is 4.74 Å². The highest BCUT2D eigenvalue weighted by Gasteiger charge is 2.42. The maximum Gasteiger partial charge on any atom is 0.321 e. The van der Waals surface area contributed by atoms with Crippen LogP contribution in [0.4, 0.5) is 5.69 Å². The smallest absolute Gasteiger partial charge is 0.321 e. The number of nitro benzene ring substituents is 1. The molecule has 8 heteroatoms. The molecule has 0 radical (unpaired) electrons. The van der Waals surface area contributed by atoms with Gasteiger partial charge in [-0.1, -0.05) is 6.07 Å². The Morgan fingerprint density at radius 3 is 2.80 bits per heavy atom. The van der Waals surface area contributed by atoms with Crippen LogP contribution in [0.1, 0.15) is 25.0 Å². The Balaban J connectivity index is 1.98. The minimum absolute atomic E-state index is 0.00555. The predicted molar refractivity (Wildman–Crippen MR) is 88.4 cm³/mol. The fourth-order valence-electron chi connectivity index (χ4n) is 3.23. The molecule has 8 nitrogen and oxygen atoms in total. The molecule has 0 atom stereocenters. The lowest BCUT2D eigenvalue weighted by Gasteiger charge is -2.16. The summed E-state index contributed by atoms with van der Waals surface area (Å²) in [5, 5.41) is 17.0. The Morgan fingerprint density at radius 2 is 2.12 bits per heavy atom. The highest BCUT2D eigenvalue weighted by molar-refractivity contribution is 6.00. The lowest BCUT2D eigenvalue weighted by atomic mass is 9.82. The van der Waals surface area contributed by atoms with Gasteiger partial charge in [0, 0.05) is 11.6 Å². The number of benzene rings is 2. The van der Waals surface area contributed by atoms with E-state index >= 15 is 0 Å². The van der Waals surface area contributed by atoms with Crippen LogP contribution in [0, 0.1) is 10.1 Å². The molecule has 4 rings (SSSR count). The number of ether oxygens (including phenoxy) is 1. The highest BCUT2D eigenvalue weighted by atomic mass is 16.6. The zero-order valence-corrected chi connectivity index (χ0v) is 13.6. The molecule has 3 aromatic rings. The van der Waals surface area contributed by atoms with Crippen molar-refractivity contribution in [2.24, 2.45) is 0 Å². The molecule has 0 fully saturated rings. The first-order valence-corrected chi connectivity index (χ1v) is 7.67. The van der Waals surface area contributed by atoms with E-state index in [-0.39, 0.29) is 18.2 Å². The Hall–Kier alpha value is -3.29. The molecule has 0 aliphatic carbocycles. The summed E-state index contributed by atoms with van der Waals surface area (Å²) in [5.41, 5.74) is 0.442. The number of aromatic nitrogens is 3. The van der Waals surface area contributed by atoms with Gasteiger partial charge in [0.25, 0.3) is 5.69 Å². The summed E-state index contributed by atoms with van der Waals surface area (Å²) in [5.74, 6) is 0.175. The summed E-state index contributed by atoms with van der Waals surface area (Å²) in [4.78, 5) is 27.1. The van der Waals surface area contributed by atoms with E-state index < -0.39 is 10.3 Å². The van der Waals surface area contributed by atoms with Gasteiger partial charge in [0.15, 0.2) is 0 Å². The molecule has 126 valence electrons. The van der Waals surface area contributed by atoms with Gasteiger partial charge in [0.05, 0.1) is 22.4 Å². The van der Waals surface area contributed by atoms with Crippen molar-refractivity contribution < 1.29 is 14.5 Å². The molecule has 0 saturated carbocycles. The Morgan fingerprint density at radius 1 is 1.32 bits per heavy atom. The van der Waals surface area contributed by atoms with Crippen LogP contribution in [0.25, 0.3) is 10.8 Å². The van der Waals surface area contributed by atoms with Crippen molar-refractivity contribution in [3.8, 4) is 5.75 Å². The van der Waals surface area contributed by atoms with Gasteiger partial charge < -0.3 is 4.74 Å². The number of nitro groups is 1. The van der Waals surface area contributed by atoms with Gasteiger partial charge in [-0.25, -0.2) is 9.67 Å². The number of hydrogen-bond acceptors (Lipinski definition) is 6. The third kappa shape index (κ3) is 2.25. The molecule has 2 heterocycles. The van der Waals surface area contributed by atoms with Crippen molar-refractivity contribution in [3.05, 3.63) is 58.2 Å². The molecule has 2 aromatic carbocycles. The van der Waals surface area contributed by atoms with Crippen LogP contribution >= 0.6 is 0 Å². The molecule has 1 aliphatic heterocycles. The van der Waals surface area contributed by atoms with E-state index in [1.807, 2.05) is 0 Å². The molecule has 25 heavy (non-hydrogen) atoms. The van der Waals surface area contributed by atoms with Crippen LogP contribution in [0.5, 0.6) is 5.75 Å². The molecular weight excluding hydrogens is 324 g/mol. The summed E-state index contributed by atoms with van der Waals surface area (Å²) >= 11 is 0. The molecule has 1 aliphatic rings. The van der Waals surface area contributed by atoms with Gasteiger partial charge in [-0.3, -0.25) is 14.9 Å².